The molecule has 1 saturated heterocycles. The van der Waals surface area contributed by atoms with E-state index in [9.17, 15) is 5.11 Å². The van der Waals surface area contributed by atoms with Crippen molar-refractivity contribution >= 4 is 0 Å². The van der Waals surface area contributed by atoms with Gasteiger partial charge in [0, 0.05) is 25.2 Å². The van der Waals surface area contributed by atoms with Gasteiger partial charge in [0.15, 0.2) is 0 Å². The van der Waals surface area contributed by atoms with E-state index in [-0.39, 0.29) is 12.1 Å². The number of β-amino-alcohol motifs (C(OH)–C–C–N with tert-alkyl or cyclic N) is 1. The lowest BCUT2D eigenvalue weighted by atomic mass is 10.2. The highest BCUT2D eigenvalue weighted by atomic mass is 16.3. The predicted octanol–water partition coefficient (Wildman–Crippen LogP) is -0.341. The molecule has 1 rings (SSSR count). The van der Waals surface area contributed by atoms with Crippen LogP contribution in [0.25, 0.3) is 0 Å². The normalized spacial score (nSPS) is 33.5. The lowest BCUT2D eigenvalue weighted by Crippen LogP contribution is -2.42. The predicted molar refractivity (Wildman–Crippen MR) is 45.6 cm³/mol. The lowest BCUT2D eigenvalue weighted by molar-refractivity contribution is 0.153. The molecule has 0 amide bonds. The molecule has 1 aliphatic rings. The molecule has 0 aromatic carbocycles. The molecule has 0 aromatic heterocycles. The molecule has 0 aliphatic carbocycles. The Hall–Kier alpha value is -0.120. The van der Waals surface area contributed by atoms with E-state index in [4.69, 9.17) is 0 Å². The summed E-state index contributed by atoms with van der Waals surface area (Å²) in [6.45, 7) is 5.96. The molecular formula is C8H18N2O. The maximum Gasteiger partial charge on any atom is 0.0832 e. The highest BCUT2D eigenvalue weighted by Gasteiger charge is 2.28. The molecule has 1 heterocycles. The van der Waals surface area contributed by atoms with Gasteiger partial charge in [0.2, 0.25) is 0 Å². The summed E-state index contributed by atoms with van der Waals surface area (Å²) in [7, 11) is 2.03. The number of rotatable bonds is 2. The molecule has 11 heavy (non-hydrogen) atoms. The topological polar surface area (TPSA) is 35.5 Å². The Labute approximate surface area is 68.4 Å². The zero-order valence-corrected chi connectivity index (χ0v) is 7.54. The van der Waals surface area contributed by atoms with Crippen molar-refractivity contribution in [2.24, 2.45) is 0 Å². The number of hydrogen-bond acceptors (Lipinski definition) is 3. The average molecular weight is 158 g/mol. The van der Waals surface area contributed by atoms with Crippen molar-refractivity contribution in [2.45, 2.75) is 32.0 Å². The van der Waals surface area contributed by atoms with Crippen molar-refractivity contribution < 1.29 is 5.11 Å². The van der Waals surface area contributed by atoms with Crippen molar-refractivity contribution in [3.8, 4) is 0 Å². The second-order valence-corrected chi connectivity index (χ2v) is 3.72. The fraction of sp³-hybridized carbons (Fsp3) is 1.00. The molecule has 2 atom stereocenters. The maximum atomic E-state index is 9.50. The van der Waals surface area contributed by atoms with Crippen LogP contribution in [0.4, 0.5) is 0 Å². The summed E-state index contributed by atoms with van der Waals surface area (Å²) in [5.41, 5.74) is 0. The fourth-order valence-electron chi connectivity index (χ4n) is 1.57. The number of nitrogens with one attached hydrogen (secondary N) is 1. The van der Waals surface area contributed by atoms with Gasteiger partial charge in [-0.1, -0.05) is 13.8 Å². The highest BCUT2D eigenvalue weighted by Crippen LogP contribution is 2.07. The minimum atomic E-state index is -0.192. The zero-order valence-electron chi connectivity index (χ0n) is 7.54. The Kier molecular flexibility index (Phi) is 2.87. The average Bonchev–Trinajstić information content (AvgIpc) is 2.09. The first-order chi connectivity index (χ1) is 5.09. The van der Waals surface area contributed by atoms with Gasteiger partial charge in [-0.3, -0.25) is 0 Å². The second kappa shape index (κ2) is 3.52. The molecule has 0 bridgehead atoms. The van der Waals surface area contributed by atoms with E-state index >= 15 is 0 Å². The van der Waals surface area contributed by atoms with E-state index in [1.165, 1.54) is 0 Å². The summed E-state index contributed by atoms with van der Waals surface area (Å²) in [4.78, 5) is 2.14. The van der Waals surface area contributed by atoms with E-state index in [0.717, 1.165) is 13.1 Å². The van der Waals surface area contributed by atoms with Gasteiger partial charge in [-0.05, 0) is 7.05 Å². The van der Waals surface area contributed by atoms with Gasteiger partial charge in [0.25, 0.3) is 0 Å². The number of aliphatic hydroxyl groups excluding tert-OH is 1. The maximum absolute atomic E-state index is 9.50. The first-order valence-electron chi connectivity index (χ1n) is 4.22. The Balaban J connectivity index is 2.34. The fourth-order valence-corrected chi connectivity index (χ4v) is 1.57. The standard InChI is InChI=1S/C8H18N2O/c1-6(2)9-7-4-10(3)5-8(7)11/h6-9,11H,4-5H2,1-3H3/t7-,8+/m1/s1. The molecule has 1 fully saturated rings. The van der Waals surface area contributed by atoms with Crippen molar-refractivity contribution in [3.63, 3.8) is 0 Å². The van der Waals surface area contributed by atoms with Crippen molar-refractivity contribution in [1.82, 2.24) is 10.2 Å². The summed E-state index contributed by atoms with van der Waals surface area (Å²) in [5, 5.41) is 12.8. The minimum Gasteiger partial charge on any atom is -0.390 e. The molecule has 1 aliphatic heterocycles. The van der Waals surface area contributed by atoms with Gasteiger partial charge in [-0.15, -0.1) is 0 Å². The molecule has 0 unspecified atom stereocenters. The number of nitrogens with zero attached hydrogens (tertiary/aromatic N) is 1. The minimum absolute atomic E-state index is 0.192. The number of likely N-dealkylation sites (tertiary alicyclic amines) is 1. The number of aliphatic hydroxyl groups is 1. The van der Waals surface area contributed by atoms with Crippen molar-refractivity contribution in [1.29, 1.82) is 0 Å². The largest absolute Gasteiger partial charge is 0.390 e. The molecule has 66 valence electrons. The van der Waals surface area contributed by atoms with Crippen molar-refractivity contribution in [3.05, 3.63) is 0 Å². The van der Waals surface area contributed by atoms with Crippen LogP contribution in [0.5, 0.6) is 0 Å². The Morgan fingerprint density at radius 3 is 2.45 bits per heavy atom. The molecule has 0 spiro atoms. The van der Waals surface area contributed by atoms with Crippen LogP contribution >= 0.6 is 0 Å². The Morgan fingerprint density at radius 2 is 2.09 bits per heavy atom. The molecule has 0 aromatic rings. The van der Waals surface area contributed by atoms with Crippen LogP contribution in [0, 0.1) is 0 Å². The number of likely N-dealkylation sites (N-methyl/N-ethyl adjacent to an activating group) is 1. The third kappa shape index (κ3) is 2.43. The summed E-state index contributed by atoms with van der Waals surface area (Å²) in [6, 6.07) is 0.723. The van der Waals surface area contributed by atoms with Crippen LogP contribution in [0.15, 0.2) is 0 Å². The van der Waals surface area contributed by atoms with E-state index < -0.39 is 0 Å². The Morgan fingerprint density at radius 1 is 1.45 bits per heavy atom. The smallest absolute Gasteiger partial charge is 0.0832 e. The van der Waals surface area contributed by atoms with Crippen LogP contribution in [-0.4, -0.2) is 48.3 Å². The molecule has 2 N–H and O–H groups in total. The van der Waals surface area contributed by atoms with Gasteiger partial charge in [-0.25, -0.2) is 0 Å². The van der Waals surface area contributed by atoms with Crippen LogP contribution in [0.1, 0.15) is 13.8 Å². The van der Waals surface area contributed by atoms with Gasteiger partial charge >= 0.3 is 0 Å². The third-order valence-corrected chi connectivity index (χ3v) is 2.02. The van der Waals surface area contributed by atoms with Crippen LogP contribution in [-0.2, 0) is 0 Å². The van der Waals surface area contributed by atoms with Gasteiger partial charge < -0.3 is 15.3 Å². The van der Waals surface area contributed by atoms with Crippen LogP contribution in [0.2, 0.25) is 0 Å². The molecule has 3 nitrogen and oxygen atoms in total. The summed E-state index contributed by atoms with van der Waals surface area (Å²) in [6.07, 6.45) is -0.192. The molecular weight excluding hydrogens is 140 g/mol. The summed E-state index contributed by atoms with van der Waals surface area (Å²) >= 11 is 0. The quantitative estimate of drug-likeness (QED) is 0.577. The third-order valence-electron chi connectivity index (χ3n) is 2.02. The molecule has 0 saturated carbocycles. The van der Waals surface area contributed by atoms with E-state index in [0.29, 0.717) is 6.04 Å². The monoisotopic (exact) mass is 158 g/mol. The zero-order chi connectivity index (χ0) is 8.43. The molecule has 0 radical (unpaired) electrons. The Bertz CT molecular complexity index is 127. The second-order valence-electron chi connectivity index (χ2n) is 3.72. The van der Waals surface area contributed by atoms with E-state index in [1.807, 2.05) is 7.05 Å². The highest BCUT2D eigenvalue weighted by molar-refractivity contribution is 4.88. The van der Waals surface area contributed by atoms with Crippen LogP contribution < -0.4 is 5.32 Å². The molecule has 3 heteroatoms. The van der Waals surface area contributed by atoms with Crippen LogP contribution in [0.3, 0.4) is 0 Å². The summed E-state index contributed by atoms with van der Waals surface area (Å²) in [5.74, 6) is 0. The first kappa shape index (κ1) is 8.97. The SMILES string of the molecule is CC(C)N[C@@H]1CN(C)C[C@@H]1O. The number of hydrogen-bond donors (Lipinski definition) is 2. The summed E-state index contributed by atoms with van der Waals surface area (Å²) < 4.78 is 0. The van der Waals surface area contributed by atoms with Gasteiger partial charge in [0.05, 0.1) is 6.10 Å². The first-order valence-corrected chi connectivity index (χ1v) is 4.22. The van der Waals surface area contributed by atoms with Gasteiger partial charge in [0.1, 0.15) is 0 Å². The van der Waals surface area contributed by atoms with Crippen molar-refractivity contribution in [2.75, 3.05) is 20.1 Å². The lowest BCUT2D eigenvalue weighted by Gasteiger charge is -2.18. The van der Waals surface area contributed by atoms with E-state index in [1.54, 1.807) is 0 Å². The van der Waals surface area contributed by atoms with E-state index in [2.05, 4.69) is 24.1 Å². The van der Waals surface area contributed by atoms with Gasteiger partial charge in [-0.2, -0.15) is 0 Å².